The Morgan fingerprint density at radius 3 is 2.84 bits per heavy atom. The van der Waals surface area contributed by atoms with Gasteiger partial charge in [-0.05, 0) is 29.3 Å². The lowest BCUT2D eigenvalue weighted by atomic mass is 10.1. The molecule has 19 heavy (non-hydrogen) atoms. The number of benzene rings is 1. The molecule has 0 aliphatic heterocycles. The first-order chi connectivity index (χ1) is 8.99. The molecule has 2 aromatic rings. The van der Waals surface area contributed by atoms with E-state index < -0.39 is 10.7 Å². The van der Waals surface area contributed by atoms with Crippen LogP contribution in [0.3, 0.4) is 0 Å². The van der Waals surface area contributed by atoms with Gasteiger partial charge in [-0.25, -0.2) is 4.39 Å². The van der Waals surface area contributed by atoms with Crippen LogP contribution in [0.25, 0.3) is 0 Å². The number of anilines is 1. The highest BCUT2D eigenvalue weighted by molar-refractivity contribution is 7.08. The highest BCUT2D eigenvalue weighted by Crippen LogP contribution is 2.33. The van der Waals surface area contributed by atoms with Crippen molar-refractivity contribution in [1.82, 2.24) is 0 Å². The molecule has 1 aromatic heterocycles. The molecule has 100 valence electrons. The standard InChI is InChI=1S/C12H10ClFN2O2S/c1-7(8-2-3-19-6-8)15-11-5-10(14)9(13)4-12(11)16(17)18/h2-7,15H,1H3. The minimum atomic E-state index is -0.688. The molecular formula is C12H10ClFN2O2S. The summed E-state index contributed by atoms with van der Waals surface area (Å²) in [5, 5.41) is 17.4. The van der Waals surface area contributed by atoms with E-state index in [0.29, 0.717) is 0 Å². The molecule has 1 N–H and O–H groups in total. The minimum Gasteiger partial charge on any atom is -0.373 e. The maximum atomic E-state index is 13.4. The second kappa shape index (κ2) is 5.54. The highest BCUT2D eigenvalue weighted by atomic mass is 35.5. The van der Waals surface area contributed by atoms with Gasteiger partial charge in [0.1, 0.15) is 11.5 Å². The van der Waals surface area contributed by atoms with Gasteiger partial charge in [0.2, 0.25) is 0 Å². The number of nitrogens with one attached hydrogen (secondary N) is 1. The Balaban J connectivity index is 2.33. The first-order valence-corrected chi connectivity index (χ1v) is 6.73. The van der Waals surface area contributed by atoms with Gasteiger partial charge in [0.25, 0.3) is 5.69 Å². The molecule has 1 aromatic carbocycles. The fourth-order valence-electron chi connectivity index (χ4n) is 1.64. The van der Waals surface area contributed by atoms with E-state index in [-0.39, 0.29) is 22.4 Å². The zero-order valence-electron chi connectivity index (χ0n) is 9.89. The first kappa shape index (κ1) is 13.8. The van der Waals surface area contributed by atoms with Crippen molar-refractivity contribution >= 4 is 34.3 Å². The van der Waals surface area contributed by atoms with E-state index in [1.807, 2.05) is 23.8 Å². The van der Waals surface area contributed by atoms with Crippen LogP contribution < -0.4 is 5.32 Å². The van der Waals surface area contributed by atoms with Gasteiger partial charge in [-0.2, -0.15) is 11.3 Å². The van der Waals surface area contributed by atoms with E-state index in [1.54, 1.807) is 0 Å². The summed E-state index contributed by atoms with van der Waals surface area (Å²) in [5.74, 6) is -0.688. The summed E-state index contributed by atoms with van der Waals surface area (Å²) >= 11 is 7.09. The van der Waals surface area contributed by atoms with Crippen LogP contribution in [0.2, 0.25) is 5.02 Å². The Bertz CT molecular complexity index is 604. The number of nitro benzene ring substituents is 1. The first-order valence-electron chi connectivity index (χ1n) is 5.41. The zero-order valence-corrected chi connectivity index (χ0v) is 11.5. The maximum absolute atomic E-state index is 13.4. The number of halogens is 2. The quantitative estimate of drug-likeness (QED) is 0.662. The SMILES string of the molecule is CC(Nc1cc(F)c(Cl)cc1[N+](=O)[O-])c1ccsc1. The van der Waals surface area contributed by atoms with Crippen LogP contribution in [0.4, 0.5) is 15.8 Å². The summed E-state index contributed by atoms with van der Waals surface area (Å²) in [6.45, 7) is 1.85. The molecule has 0 aliphatic rings. The van der Waals surface area contributed by atoms with Gasteiger partial charge in [0.15, 0.2) is 0 Å². The molecule has 7 heteroatoms. The molecule has 0 fully saturated rings. The smallest absolute Gasteiger partial charge is 0.294 e. The van der Waals surface area contributed by atoms with E-state index in [1.165, 1.54) is 11.3 Å². The summed E-state index contributed by atoms with van der Waals surface area (Å²) in [4.78, 5) is 10.4. The van der Waals surface area contributed by atoms with Gasteiger partial charge in [-0.15, -0.1) is 0 Å². The summed E-state index contributed by atoms with van der Waals surface area (Å²) in [6, 6.07) is 3.80. The Kier molecular flexibility index (Phi) is 4.01. The average Bonchev–Trinajstić information content (AvgIpc) is 2.86. The van der Waals surface area contributed by atoms with E-state index in [2.05, 4.69) is 5.32 Å². The molecule has 2 rings (SSSR count). The van der Waals surface area contributed by atoms with Crippen LogP contribution in [0.15, 0.2) is 29.0 Å². The normalized spacial score (nSPS) is 12.2. The van der Waals surface area contributed by atoms with Gasteiger partial charge in [0.05, 0.1) is 9.95 Å². The number of nitro groups is 1. The number of rotatable bonds is 4. The minimum absolute atomic E-state index is 0.116. The summed E-state index contributed by atoms with van der Waals surface area (Å²) in [7, 11) is 0. The van der Waals surface area contributed by atoms with Crippen LogP contribution in [-0.4, -0.2) is 4.92 Å². The Hall–Kier alpha value is -1.66. The monoisotopic (exact) mass is 300 g/mol. The molecule has 1 atom stereocenters. The van der Waals surface area contributed by atoms with Gasteiger partial charge in [0, 0.05) is 18.2 Å². The molecule has 0 saturated heterocycles. The average molecular weight is 301 g/mol. The van der Waals surface area contributed by atoms with Gasteiger partial charge >= 0.3 is 0 Å². The Morgan fingerprint density at radius 2 is 2.26 bits per heavy atom. The number of hydrogen-bond acceptors (Lipinski definition) is 4. The van der Waals surface area contributed by atoms with E-state index in [0.717, 1.165) is 17.7 Å². The third kappa shape index (κ3) is 3.02. The van der Waals surface area contributed by atoms with E-state index in [9.17, 15) is 14.5 Å². The molecule has 1 heterocycles. The van der Waals surface area contributed by atoms with Crippen molar-refractivity contribution in [2.75, 3.05) is 5.32 Å². The number of thiophene rings is 1. The summed E-state index contributed by atoms with van der Waals surface area (Å²) in [6.07, 6.45) is 0. The Labute approximate surface area is 118 Å². The highest BCUT2D eigenvalue weighted by Gasteiger charge is 2.19. The number of hydrogen-bond donors (Lipinski definition) is 1. The topological polar surface area (TPSA) is 55.2 Å². The second-order valence-electron chi connectivity index (χ2n) is 3.96. The second-order valence-corrected chi connectivity index (χ2v) is 5.15. The van der Waals surface area contributed by atoms with Crippen molar-refractivity contribution in [1.29, 1.82) is 0 Å². The van der Waals surface area contributed by atoms with Crippen LogP contribution in [0.1, 0.15) is 18.5 Å². The van der Waals surface area contributed by atoms with Crippen molar-refractivity contribution in [3.05, 3.63) is 55.5 Å². The van der Waals surface area contributed by atoms with E-state index in [4.69, 9.17) is 11.6 Å². The molecular weight excluding hydrogens is 291 g/mol. The van der Waals surface area contributed by atoms with E-state index >= 15 is 0 Å². The third-order valence-corrected chi connectivity index (χ3v) is 3.64. The largest absolute Gasteiger partial charge is 0.373 e. The van der Waals surface area contributed by atoms with Crippen molar-refractivity contribution in [3.63, 3.8) is 0 Å². The number of nitrogens with zero attached hydrogens (tertiary/aromatic N) is 1. The fourth-order valence-corrected chi connectivity index (χ4v) is 2.55. The fraction of sp³-hybridized carbons (Fsp3) is 0.167. The summed E-state index contributed by atoms with van der Waals surface area (Å²) in [5.41, 5.74) is 0.855. The molecule has 0 aliphatic carbocycles. The molecule has 0 radical (unpaired) electrons. The third-order valence-electron chi connectivity index (χ3n) is 2.65. The van der Waals surface area contributed by atoms with Gasteiger partial charge in [-0.3, -0.25) is 10.1 Å². The lowest BCUT2D eigenvalue weighted by Crippen LogP contribution is -2.08. The van der Waals surface area contributed by atoms with Crippen molar-refractivity contribution in [2.24, 2.45) is 0 Å². The van der Waals surface area contributed by atoms with Crippen molar-refractivity contribution in [2.45, 2.75) is 13.0 Å². The van der Waals surface area contributed by atoms with Crippen LogP contribution in [0, 0.1) is 15.9 Å². The molecule has 1 unspecified atom stereocenters. The van der Waals surface area contributed by atoms with Crippen molar-refractivity contribution < 1.29 is 9.31 Å². The van der Waals surface area contributed by atoms with Gasteiger partial charge < -0.3 is 5.32 Å². The maximum Gasteiger partial charge on any atom is 0.294 e. The molecule has 0 spiro atoms. The van der Waals surface area contributed by atoms with Crippen LogP contribution >= 0.6 is 22.9 Å². The molecule has 4 nitrogen and oxygen atoms in total. The predicted octanol–water partition coefficient (Wildman–Crippen LogP) is 4.62. The molecule has 0 saturated carbocycles. The summed E-state index contributed by atoms with van der Waals surface area (Å²) < 4.78 is 13.4. The van der Waals surface area contributed by atoms with Crippen LogP contribution in [-0.2, 0) is 0 Å². The van der Waals surface area contributed by atoms with Gasteiger partial charge in [-0.1, -0.05) is 11.6 Å². The van der Waals surface area contributed by atoms with Crippen molar-refractivity contribution in [3.8, 4) is 0 Å². The zero-order chi connectivity index (χ0) is 14.0. The molecule has 0 bridgehead atoms. The lowest BCUT2D eigenvalue weighted by molar-refractivity contribution is -0.384. The van der Waals surface area contributed by atoms with Crippen LogP contribution in [0.5, 0.6) is 0 Å². The Morgan fingerprint density at radius 1 is 1.53 bits per heavy atom. The lowest BCUT2D eigenvalue weighted by Gasteiger charge is -2.14. The molecule has 0 amide bonds. The predicted molar refractivity (Wildman–Crippen MR) is 74.4 cm³/mol.